The molecule has 1 nitrogen and oxygen atoms in total. The summed E-state index contributed by atoms with van der Waals surface area (Å²) in [5, 5.41) is 0. The van der Waals surface area contributed by atoms with E-state index in [1.165, 1.54) is 5.57 Å². The highest BCUT2D eigenvalue weighted by Crippen LogP contribution is 2.24. The van der Waals surface area contributed by atoms with Gasteiger partial charge in [-0.05, 0) is 19.4 Å². The first-order valence-electron chi connectivity index (χ1n) is 3.89. The Morgan fingerprint density at radius 3 is 2.82 bits per heavy atom. The monoisotopic (exact) mass is 150 g/mol. The first kappa shape index (κ1) is 8.12. The molecule has 0 saturated carbocycles. The van der Waals surface area contributed by atoms with Gasteiger partial charge in [-0.25, -0.2) is 0 Å². The molecular weight excluding hydrogens is 136 g/mol. The fraction of sp³-hybridized carbons (Fsp3) is 0.400. The summed E-state index contributed by atoms with van der Waals surface area (Å²) in [6, 6.07) is 0. The third kappa shape index (κ3) is 1.97. The molecule has 1 atom stereocenters. The average Bonchev–Trinajstić information content (AvgIpc) is 2.26. The van der Waals surface area contributed by atoms with Crippen LogP contribution in [0.25, 0.3) is 0 Å². The van der Waals surface area contributed by atoms with Crippen LogP contribution in [-0.2, 0) is 4.74 Å². The Bertz CT molecular complexity index is 211. The van der Waals surface area contributed by atoms with Crippen LogP contribution in [0.2, 0.25) is 0 Å². The molecule has 0 amide bonds. The largest absolute Gasteiger partial charge is 0.495 e. The van der Waals surface area contributed by atoms with Crippen LogP contribution in [0.5, 0.6) is 0 Å². The van der Waals surface area contributed by atoms with Crippen molar-refractivity contribution < 1.29 is 4.74 Å². The fourth-order valence-corrected chi connectivity index (χ4v) is 1.24. The van der Waals surface area contributed by atoms with E-state index in [1.807, 2.05) is 13.0 Å². The van der Waals surface area contributed by atoms with Gasteiger partial charge in [-0.2, -0.15) is 0 Å². The summed E-state index contributed by atoms with van der Waals surface area (Å²) >= 11 is 0. The summed E-state index contributed by atoms with van der Waals surface area (Å²) in [4.78, 5) is 0. The lowest BCUT2D eigenvalue weighted by atomic mass is 10.1. The number of hydrogen-bond acceptors (Lipinski definition) is 1. The average molecular weight is 150 g/mol. The zero-order valence-electron chi connectivity index (χ0n) is 7.13. The Morgan fingerprint density at radius 1 is 1.64 bits per heavy atom. The van der Waals surface area contributed by atoms with Gasteiger partial charge in [0.25, 0.3) is 0 Å². The molecule has 0 saturated heterocycles. The molecule has 0 fully saturated rings. The lowest BCUT2D eigenvalue weighted by Crippen LogP contribution is -1.96. The van der Waals surface area contributed by atoms with Crippen LogP contribution in [0.1, 0.15) is 20.3 Å². The van der Waals surface area contributed by atoms with Crippen LogP contribution in [-0.4, -0.2) is 6.10 Å². The zero-order chi connectivity index (χ0) is 8.27. The third-order valence-electron chi connectivity index (χ3n) is 1.77. The Morgan fingerprint density at radius 2 is 2.36 bits per heavy atom. The number of hydrogen-bond donors (Lipinski definition) is 0. The van der Waals surface area contributed by atoms with E-state index in [2.05, 4.69) is 19.6 Å². The molecular formula is C10H14O. The van der Waals surface area contributed by atoms with E-state index in [4.69, 9.17) is 4.74 Å². The van der Waals surface area contributed by atoms with Crippen molar-refractivity contribution in [2.75, 3.05) is 0 Å². The highest BCUT2D eigenvalue weighted by molar-refractivity contribution is 5.27. The lowest BCUT2D eigenvalue weighted by Gasteiger charge is -2.01. The molecule has 1 rings (SSSR count). The second kappa shape index (κ2) is 3.42. The van der Waals surface area contributed by atoms with Crippen molar-refractivity contribution in [3.05, 3.63) is 36.1 Å². The van der Waals surface area contributed by atoms with E-state index in [9.17, 15) is 0 Å². The van der Waals surface area contributed by atoms with Crippen LogP contribution in [0.15, 0.2) is 36.1 Å². The Labute approximate surface area is 68.1 Å². The summed E-state index contributed by atoms with van der Waals surface area (Å²) in [5.41, 5.74) is 1.29. The van der Waals surface area contributed by atoms with Crippen molar-refractivity contribution in [2.24, 2.45) is 0 Å². The van der Waals surface area contributed by atoms with Crippen LogP contribution >= 0.6 is 0 Å². The van der Waals surface area contributed by atoms with Gasteiger partial charge < -0.3 is 4.74 Å². The highest BCUT2D eigenvalue weighted by atomic mass is 16.5. The molecule has 0 N–H and O–H groups in total. The van der Waals surface area contributed by atoms with E-state index in [-0.39, 0.29) is 0 Å². The van der Waals surface area contributed by atoms with Crippen molar-refractivity contribution in [3.8, 4) is 0 Å². The van der Waals surface area contributed by atoms with Gasteiger partial charge in [0, 0.05) is 6.42 Å². The molecule has 1 aliphatic rings. The maximum absolute atomic E-state index is 5.46. The van der Waals surface area contributed by atoms with Crippen LogP contribution < -0.4 is 0 Å². The molecule has 0 aromatic carbocycles. The molecule has 1 heteroatoms. The van der Waals surface area contributed by atoms with Gasteiger partial charge in [0.1, 0.15) is 0 Å². The predicted octanol–water partition coefficient (Wildman–Crippen LogP) is 2.81. The standard InChI is InChI=1S/C10H14O/c1-4-5-6-10-7-8(2)11-9(10)3/h4-6,8H,1,7H2,2-3H3/b6-5-. The first-order valence-corrected chi connectivity index (χ1v) is 3.89. The second-order valence-electron chi connectivity index (χ2n) is 2.81. The van der Waals surface area contributed by atoms with Crippen molar-refractivity contribution in [1.82, 2.24) is 0 Å². The molecule has 0 bridgehead atoms. The van der Waals surface area contributed by atoms with E-state index in [0.29, 0.717) is 6.10 Å². The SMILES string of the molecule is C=C/C=C\C1=C(C)OC(C)C1. The van der Waals surface area contributed by atoms with Crippen molar-refractivity contribution in [2.45, 2.75) is 26.4 Å². The number of ether oxygens (including phenoxy) is 1. The Balaban J connectivity index is 2.64. The van der Waals surface area contributed by atoms with Gasteiger partial charge in [-0.15, -0.1) is 0 Å². The zero-order valence-corrected chi connectivity index (χ0v) is 7.13. The van der Waals surface area contributed by atoms with Crippen LogP contribution in [0.4, 0.5) is 0 Å². The summed E-state index contributed by atoms with van der Waals surface area (Å²) in [6.07, 6.45) is 7.16. The minimum absolute atomic E-state index is 0.347. The van der Waals surface area contributed by atoms with Gasteiger partial charge >= 0.3 is 0 Å². The second-order valence-corrected chi connectivity index (χ2v) is 2.81. The smallest absolute Gasteiger partial charge is 0.0995 e. The van der Waals surface area contributed by atoms with Crippen LogP contribution in [0.3, 0.4) is 0 Å². The molecule has 0 spiro atoms. The quantitative estimate of drug-likeness (QED) is 0.550. The Kier molecular flexibility index (Phi) is 2.53. The van der Waals surface area contributed by atoms with Crippen LogP contribution in [0, 0.1) is 0 Å². The molecule has 0 aliphatic carbocycles. The Hall–Kier alpha value is -0.980. The lowest BCUT2D eigenvalue weighted by molar-refractivity contribution is 0.162. The minimum atomic E-state index is 0.347. The molecule has 60 valence electrons. The van der Waals surface area contributed by atoms with Crippen molar-refractivity contribution in [1.29, 1.82) is 0 Å². The topological polar surface area (TPSA) is 9.23 Å². The summed E-state index contributed by atoms with van der Waals surface area (Å²) in [5.74, 6) is 1.05. The van der Waals surface area contributed by atoms with E-state index in [0.717, 1.165) is 12.2 Å². The highest BCUT2D eigenvalue weighted by Gasteiger charge is 2.16. The summed E-state index contributed by atoms with van der Waals surface area (Å²) in [7, 11) is 0. The van der Waals surface area contributed by atoms with Gasteiger partial charge in [0.15, 0.2) is 0 Å². The van der Waals surface area contributed by atoms with Gasteiger partial charge in [0.05, 0.1) is 11.9 Å². The normalized spacial score (nSPS) is 24.4. The first-order chi connectivity index (χ1) is 5.24. The van der Waals surface area contributed by atoms with Crippen molar-refractivity contribution in [3.63, 3.8) is 0 Å². The summed E-state index contributed by atoms with van der Waals surface area (Å²) in [6.45, 7) is 7.70. The maximum Gasteiger partial charge on any atom is 0.0995 e. The molecule has 1 unspecified atom stereocenters. The molecule has 0 radical (unpaired) electrons. The third-order valence-corrected chi connectivity index (χ3v) is 1.77. The maximum atomic E-state index is 5.46. The number of allylic oxidation sites excluding steroid dienone is 4. The molecule has 0 aromatic rings. The molecule has 1 aliphatic heterocycles. The molecule has 0 aromatic heterocycles. The minimum Gasteiger partial charge on any atom is -0.495 e. The predicted molar refractivity (Wildman–Crippen MR) is 47.2 cm³/mol. The van der Waals surface area contributed by atoms with Gasteiger partial charge in [-0.3, -0.25) is 0 Å². The van der Waals surface area contributed by atoms with Gasteiger partial charge in [0.2, 0.25) is 0 Å². The van der Waals surface area contributed by atoms with E-state index in [1.54, 1.807) is 6.08 Å². The molecule has 1 heterocycles. The van der Waals surface area contributed by atoms with Crippen molar-refractivity contribution >= 4 is 0 Å². The fourth-order valence-electron chi connectivity index (χ4n) is 1.24. The number of rotatable bonds is 2. The van der Waals surface area contributed by atoms with E-state index < -0.39 is 0 Å². The van der Waals surface area contributed by atoms with E-state index >= 15 is 0 Å². The van der Waals surface area contributed by atoms with Gasteiger partial charge in [-0.1, -0.05) is 24.8 Å². The summed E-state index contributed by atoms with van der Waals surface area (Å²) < 4.78 is 5.46. The molecule has 11 heavy (non-hydrogen) atoms.